The maximum atomic E-state index is 12.5. The maximum Gasteiger partial charge on any atom is 0.230 e. The maximum absolute atomic E-state index is 12.5. The summed E-state index contributed by atoms with van der Waals surface area (Å²) in [6.45, 7) is 0.593. The number of benzene rings is 2. The van der Waals surface area contributed by atoms with Gasteiger partial charge in [0.1, 0.15) is 0 Å². The Balaban J connectivity index is 1.64. The number of carbonyl (C=O) groups excluding carboxylic acids is 1. The third-order valence-electron chi connectivity index (χ3n) is 4.14. The molecule has 0 atom stereocenters. The molecule has 21 heavy (non-hydrogen) atoms. The molecular formula is C18H18BrNO. The van der Waals surface area contributed by atoms with Crippen molar-refractivity contribution in [1.82, 2.24) is 5.32 Å². The van der Waals surface area contributed by atoms with E-state index in [0.29, 0.717) is 6.54 Å². The number of hydrogen-bond donors (Lipinski definition) is 1. The minimum Gasteiger partial charge on any atom is -0.351 e. The molecule has 0 radical (unpaired) electrons. The van der Waals surface area contributed by atoms with E-state index in [-0.39, 0.29) is 11.3 Å². The molecule has 2 nitrogen and oxygen atoms in total. The van der Waals surface area contributed by atoms with E-state index >= 15 is 0 Å². The summed E-state index contributed by atoms with van der Waals surface area (Å²) in [7, 11) is 0. The fourth-order valence-electron chi connectivity index (χ4n) is 2.63. The van der Waals surface area contributed by atoms with Crippen molar-refractivity contribution in [2.75, 3.05) is 0 Å². The molecular weight excluding hydrogens is 326 g/mol. The standard InChI is InChI=1S/C18H18BrNO/c19-12-14-6-8-15(9-7-14)13-20-17(21)18(10-11-18)16-4-2-1-3-5-16/h1-9H,10-13H2,(H,20,21). The van der Waals surface area contributed by atoms with Gasteiger partial charge in [-0.2, -0.15) is 0 Å². The van der Waals surface area contributed by atoms with Gasteiger partial charge in [0.05, 0.1) is 5.41 Å². The van der Waals surface area contributed by atoms with E-state index in [0.717, 1.165) is 29.3 Å². The Morgan fingerprint density at radius 2 is 1.62 bits per heavy atom. The number of carbonyl (C=O) groups is 1. The van der Waals surface area contributed by atoms with Gasteiger partial charge in [0.2, 0.25) is 5.91 Å². The van der Waals surface area contributed by atoms with E-state index in [2.05, 4.69) is 57.6 Å². The zero-order valence-electron chi connectivity index (χ0n) is 11.8. The Morgan fingerprint density at radius 1 is 1.00 bits per heavy atom. The number of hydrogen-bond acceptors (Lipinski definition) is 1. The Labute approximate surface area is 133 Å². The number of alkyl halides is 1. The summed E-state index contributed by atoms with van der Waals surface area (Å²) in [6, 6.07) is 18.4. The first-order valence-corrected chi connectivity index (χ1v) is 8.34. The summed E-state index contributed by atoms with van der Waals surface area (Å²) in [4.78, 5) is 12.5. The topological polar surface area (TPSA) is 29.1 Å². The number of rotatable bonds is 5. The van der Waals surface area contributed by atoms with Gasteiger partial charge in [-0.25, -0.2) is 0 Å². The molecule has 1 saturated carbocycles. The molecule has 0 aromatic heterocycles. The molecule has 3 heteroatoms. The van der Waals surface area contributed by atoms with Crippen LogP contribution in [0.1, 0.15) is 29.5 Å². The lowest BCUT2D eigenvalue weighted by Crippen LogP contribution is -2.34. The lowest BCUT2D eigenvalue weighted by molar-refractivity contribution is -0.123. The van der Waals surface area contributed by atoms with Crippen molar-refractivity contribution in [2.24, 2.45) is 0 Å². The van der Waals surface area contributed by atoms with Crippen LogP contribution < -0.4 is 5.32 Å². The fourth-order valence-corrected chi connectivity index (χ4v) is 3.00. The van der Waals surface area contributed by atoms with Crippen LogP contribution in [-0.4, -0.2) is 5.91 Å². The van der Waals surface area contributed by atoms with Crippen LogP contribution in [0.3, 0.4) is 0 Å². The highest BCUT2D eigenvalue weighted by Crippen LogP contribution is 2.48. The lowest BCUT2D eigenvalue weighted by atomic mass is 9.95. The monoisotopic (exact) mass is 343 g/mol. The van der Waals surface area contributed by atoms with Crippen molar-refractivity contribution in [2.45, 2.75) is 30.1 Å². The molecule has 0 heterocycles. The summed E-state index contributed by atoms with van der Waals surface area (Å²) < 4.78 is 0. The van der Waals surface area contributed by atoms with Gasteiger partial charge in [-0.15, -0.1) is 0 Å². The van der Waals surface area contributed by atoms with Gasteiger partial charge in [0, 0.05) is 11.9 Å². The second-order valence-electron chi connectivity index (χ2n) is 5.58. The van der Waals surface area contributed by atoms with E-state index in [1.54, 1.807) is 0 Å². The quantitative estimate of drug-likeness (QED) is 0.818. The minimum absolute atomic E-state index is 0.151. The molecule has 0 bridgehead atoms. The van der Waals surface area contributed by atoms with E-state index in [1.807, 2.05) is 18.2 Å². The SMILES string of the molecule is O=C(NCc1ccc(CBr)cc1)C1(c2ccccc2)CC1. The predicted molar refractivity (Wildman–Crippen MR) is 88.3 cm³/mol. The molecule has 0 spiro atoms. The first-order chi connectivity index (χ1) is 10.2. The molecule has 1 N–H and O–H groups in total. The van der Waals surface area contributed by atoms with Gasteiger partial charge >= 0.3 is 0 Å². The Kier molecular flexibility index (Phi) is 4.11. The van der Waals surface area contributed by atoms with Crippen molar-refractivity contribution < 1.29 is 4.79 Å². The van der Waals surface area contributed by atoms with Crippen molar-refractivity contribution in [3.05, 3.63) is 71.3 Å². The largest absolute Gasteiger partial charge is 0.351 e. The number of amides is 1. The van der Waals surface area contributed by atoms with Gasteiger partial charge in [0.15, 0.2) is 0 Å². The summed E-state index contributed by atoms with van der Waals surface area (Å²) in [5.41, 5.74) is 3.24. The van der Waals surface area contributed by atoms with Gasteiger partial charge in [-0.3, -0.25) is 4.79 Å². The lowest BCUT2D eigenvalue weighted by Gasteiger charge is -2.15. The highest BCUT2D eigenvalue weighted by atomic mass is 79.9. The summed E-state index contributed by atoms with van der Waals surface area (Å²) in [5.74, 6) is 0.151. The van der Waals surface area contributed by atoms with Crippen LogP contribution >= 0.6 is 15.9 Å². The number of halogens is 1. The molecule has 2 aromatic carbocycles. The number of nitrogens with one attached hydrogen (secondary N) is 1. The summed E-state index contributed by atoms with van der Waals surface area (Å²) >= 11 is 3.43. The molecule has 2 aromatic rings. The van der Waals surface area contributed by atoms with Gasteiger partial charge < -0.3 is 5.32 Å². The highest BCUT2D eigenvalue weighted by Gasteiger charge is 2.50. The zero-order valence-corrected chi connectivity index (χ0v) is 13.4. The van der Waals surface area contributed by atoms with E-state index < -0.39 is 0 Å². The first kappa shape index (κ1) is 14.3. The van der Waals surface area contributed by atoms with Crippen molar-refractivity contribution in [1.29, 1.82) is 0 Å². The minimum atomic E-state index is -0.281. The van der Waals surface area contributed by atoms with Gasteiger partial charge in [-0.1, -0.05) is 70.5 Å². The van der Waals surface area contributed by atoms with Crippen LogP contribution in [0.15, 0.2) is 54.6 Å². The molecule has 0 saturated heterocycles. The normalized spacial score (nSPS) is 15.5. The molecule has 0 unspecified atom stereocenters. The average molecular weight is 344 g/mol. The van der Waals surface area contributed by atoms with E-state index in [1.165, 1.54) is 5.56 Å². The molecule has 3 rings (SSSR count). The second kappa shape index (κ2) is 6.02. The van der Waals surface area contributed by atoms with Crippen LogP contribution in [0.4, 0.5) is 0 Å². The van der Waals surface area contributed by atoms with E-state index in [9.17, 15) is 4.79 Å². The Hall–Kier alpha value is -1.61. The Morgan fingerprint density at radius 3 is 2.19 bits per heavy atom. The smallest absolute Gasteiger partial charge is 0.230 e. The molecule has 1 aliphatic rings. The summed E-state index contributed by atoms with van der Waals surface area (Å²) in [6.07, 6.45) is 1.90. The fraction of sp³-hybridized carbons (Fsp3) is 0.278. The second-order valence-corrected chi connectivity index (χ2v) is 6.14. The summed E-state index contributed by atoms with van der Waals surface area (Å²) in [5, 5.41) is 3.94. The predicted octanol–water partition coefficient (Wildman–Crippen LogP) is 3.93. The average Bonchev–Trinajstić information content (AvgIpc) is 3.36. The third-order valence-corrected chi connectivity index (χ3v) is 4.79. The molecule has 1 aliphatic carbocycles. The van der Waals surface area contributed by atoms with Crippen molar-refractivity contribution >= 4 is 21.8 Å². The molecule has 0 aliphatic heterocycles. The van der Waals surface area contributed by atoms with Crippen LogP contribution in [0.2, 0.25) is 0 Å². The molecule has 1 fully saturated rings. The van der Waals surface area contributed by atoms with Crippen LogP contribution in [-0.2, 0) is 22.1 Å². The van der Waals surface area contributed by atoms with Gasteiger partial charge in [0.25, 0.3) is 0 Å². The van der Waals surface area contributed by atoms with Crippen molar-refractivity contribution in [3.8, 4) is 0 Å². The first-order valence-electron chi connectivity index (χ1n) is 7.22. The molecule has 108 valence electrons. The highest BCUT2D eigenvalue weighted by molar-refractivity contribution is 9.08. The van der Waals surface area contributed by atoms with Crippen LogP contribution in [0, 0.1) is 0 Å². The van der Waals surface area contributed by atoms with Crippen molar-refractivity contribution in [3.63, 3.8) is 0 Å². The Bertz CT molecular complexity index is 617. The van der Waals surface area contributed by atoms with E-state index in [4.69, 9.17) is 0 Å². The van der Waals surface area contributed by atoms with Crippen LogP contribution in [0.25, 0.3) is 0 Å². The zero-order chi connectivity index (χ0) is 14.7. The van der Waals surface area contributed by atoms with Gasteiger partial charge in [-0.05, 0) is 29.5 Å². The molecule has 1 amide bonds. The third kappa shape index (κ3) is 3.03. The van der Waals surface area contributed by atoms with Crippen LogP contribution in [0.5, 0.6) is 0 Å².